The van der Waals surface area contributed by atoms with Crippen LogP contribution in [0.2, 0.25) is 5.15 Å². The predicted octanol–water partition coefficient (Wildman–Crippen LogP) is 2.90. The van der Waals surface area contributed by atoms with Crippen LogP contribution >= 0.6 is 22.9 Å². The number of amides is 1. The minimum atomic E-state index is -3.86. The van der Waals surface area contributed by atoms with E-state index in [0.717, 1.165) is 16.9 Å². The number of likely N-dealkylation sites (tertiary alicyclic amines) is 1. The number of nitrogens with zero attached hydrogens (tertiary/aromatic N) is 3. The van der Waals surface area contributed by atoms with E-state index in [4.69, 9.17) is 16.9 Å². The lowest BCUT2D eigenvalue weighted by Crippen LogP contribution is -2.41. The number of thiophene rings is 1. The quantitative estimate of drug-likeness (QED) is 0.607. The SMILES string of the molecule is N#Cc1cccc(CN2CC[C@H](NS(=O)(=O)c3cc4ccc(Cl)nc4s3)C2=O)c1. The third kappa shape index (κ3) is 4.11. The molecule has 0 bridgehead atoms. The van der Waals surface area contributed by atoms with Crippen molar-refractivity contribution in [1.29, 1.82) is 5.26 Å². The molecule has 1 saturated heterocycles. The van der Waals surface area contributed by atoms with Gasteiger partial charge in [0.1, 0.15) is 20.2 Å². The number of sulfonamides is 1. The van der Waals surface area contributed by atoms with Crippen LogP contribution in [0.15, 0.2) is 46.7 Å². The molecule has 1 aliphatic rings. The average Bonchev–Trinajstić information content (AvgIpc) is 3.27. The summed E-state index contributed by atoms with van der Waals surface area (Å²) in [5, 5.41) is 9.97. The summed E-state index contributed by atoms with van der Waals surface area (Å²) in [5.74, 6) is -0.279. The number of carbonyl (C=O) groups excluding carboxylic acids is 1. The highest BCUT2D eigenvalue weighted by molar-refractivity contribution is 7.91. The molecule has 148 valence electrons. The summed E-state index contributed by atoms with van der Waals surface area (Å²) in [5.41, 5.74) is 1.35. The van der Waals surface area contributed by atoms with E-state index in [-0.39, 0.29) is 10.1 Å². The van der Waals surface area contributed by atoms with Crippen molar-refractivity contribution in [3.05, 3.63) is 58.7 Å². The molecule has 0 aliphatic carbocycles. The maximum absolute atomic E-state index is 12.8. The van der Waals surface area contributed by atoms with Crippen molar-refractivity contribution in [1.82, 2.24) is 14.6 Å². The molecule has 1 fully saturated rings. The second kappa shape index (κ2) is 7.72. The first-order valence-electron chi connectivity index (χ1n) is 8.72. The van der Waals surface area contributed by atoms with Crippen molar-refractivity contribution < 1.29 is 13.2 Å². The highest BCUT2D eigenvalue weighted by Gasteiger charge is 2.35. The largest absolute Gasteiger partial charge is 0.337 e. The molecule has 0 spiro atoms. The molecular formula is C19H15ClN4O3S2. The standard InChI is InChI=1S/C19H15ClN4O3S2/c20-16-5-4-14-9-17(28-18(14)22-16)29(26,27)23-15-6-7-24(19(15)25)11-13-3-1-2-12(8-13)10-21/h1-5,8-9,15,23H,6-7,11H2/t15-/m0/s1. The van der Waals surface area contributed by atoms with E-state index < -0.39 is 16.1 Å². The molecule has 0 unspecified atom stereocenters. The first-order valence-corrected chi connectivity index (χ1v) is 11.4. The van der Waals surface area contributed by atoms with Crippen molar-refractivity contribution in [3.63, 3.8) is 0 Å². The van der Waals surface area contributed by atoms with Crippen LogP contribution in [0, 0.1) is 11.3 Å². The highest BCUT2D eigenvalue weighted by atomic mass is 35.5. The second-order valence-corrected chi connectivity index (χ2v) is 9.99. The number of nitriles is 1. The van der Waals surface area contributed by atoms with Crippen molar-refractivity contribution in [3.8, 4) is 6.07 Å². The van der Waals surface area contributed by atoms with Gasteiger partial charge in [-0.3, -0.25) is 4.79 Å². The summed E-state index contributed by atoms with van der Waals surface area (Å²) in [7, 11) is -3.86. The van der Waals surface area contributed by atoms with Crippen molar-refractivity contribution in [2.24, 2.45) is 0 Å². The average molecular weight is 447 g/mol. The summed E-state index contributed by atoms with van der Waals surface area (Å²) >= 11 is 6.87. The summed E-state index contributed by atoms with van der Waals surface area (Å²) in [6, 6.07) is 13.1. The molecule has 1 amide bonds. The molecular weight excluding hydrogens is 432 g/mol. The number of halogens is 1. The first-order chi connectivity index (χ1) is 13.9. The van der Waals surface area contributed by atoms with Crippen LogP contribution in [-0.2, 0) is 21.4 Å². The zero-order valence-corrected chi connectivity index (χ0v) is 17.4. The number of fused-ring (bicyclic) bond motifs is 1. The fraction of sp³-hybridized carbons (Fsp3) is 0.211. The molecule has 3 aromatic rings. The smallest absolute Gasteiger partial charge is 0.250 e. The van der Waals surface area contributed by atoms with E-state index in [1.165, 1.54) is 6.07 Å². The molecule has 1 aromatic carbocycles. The number of rotatable bonds is 5. The summed E-state index contributed by atoms with van der Waals surface area (Å²) in [6.07, 6.45) is 0.380. The van der Waals surface area contributed by atoms with Gasteiger partial charge in [-0.15, -0.1) is 11.3 Å². The number of pyridine rings is 1. The third-order valence-corrected chi connectivity index (χ3v) is 7.82. The molecule has 3 heterocycles. The van der Waals surface area contributed by atoms with E-state index >= 15 is 0 Å². The van der Waals surface area contributed by atoms with Crippen molar-refractivity contribution >= 4 is 49.1 Å². The Morgan fingerprint density at radius 1 is 1.31 bits per heavy atom. The van der Waals surface area contributed by atoms with Gasteiger partial charge in [-0.05, 0) is 42.3 Å². The Morgan fingerprint density at radius 3 is 2.93 bits per heavy atom. The molecule has 29 heavy (non-hydrogen) atoms. The Kier molecular flexibility index (Phi) is 5.27. The molecule has 1 atom stereocenters. The van der Waals surface area contributed by atoms with Crippen LogP contribution < -0.4 is 4.72 Å². The monoisotopic (exact) mass is 446 g/mol. The Balaban J connectivity index is 1.48. The van der Waals surface area contributed by atoms with E-state index in [1.807, 2.05) is 6.07 Å². The lowest BCUT2D eigenvalue weighted by molar-refractivity contribution is -0.129. The molecule has 7 nitrogen and oxygen atoms in total. The van der Waals surface area contributed by atoms with Gasteiger partial charge in [-0.25, -0.2) is 13.4 Å². The zero-order valence-electron chi connectivity index (χ0n) is 15.0. The minimum absolute atomic E-state index is 0.0928. The van der Waals surface area contributed by atoms with Crippen LogP contribution in [0.1, 0.15) is 17.5 Å². The Hall–Kier alpha value is -2.51. The first kappa shape index (κ1) is 19.8. The minimum Gasteiger partial charge on any atom is -0.337 e. The number of benzene rings is 1. The lowest BCUT2D eigenvalue weighted by atomic mass is 10.1. The van der Waals surface area contributed by atoms with E-state index in [9.17, 15) is 13.2 Å². The molecule has 0 radical (unpaired) electrons. The van der Waals surface area contributed by atoms with Crippen molar-refractivity contribution in [2.45, 2.75) is 23.2 Å². The highest BCUT2D eigenvalue weighted by Crippen LogP contribution is 2.29. The summed E-state index contributed by atoms with van der Waals surface area (Å²) in [4.78, 5) is 18.9. The van der Waals surface area contributed by atoms with Gasteiger partial charge in [0.25, 0.3) is 10.0 Å². The topological polar surface area (TPSA) is 103 Å². The number of hydrogen-bond donors (Lipinski definition) is 1. The number of nitrogens with one attached hydrogen (secondary N) is 1. The number of hydrogen-bond acceptors (Lipinski definition) is 6. The third-order valence-electron chi connectivity index (χ3n) is 4.62. The van der Waals surface area contributed by atoms with Crippen molar-refractivity contribution in [2.75, 3.05) is 6.54 Å². The predicted molar refractivity (Wildman–Crippen MR) is 110 cm³/mol. The van der Waals surface area contributed by atoms with Crippen LogP contribution in [0.3, 0.4) is 0 Å². The van der Waals surface area contributed by atoms with Crippen LogP contribution in [0.4, 0.5) is 0 Å². The molecule has 0 saturated carbocycles. The summed E-state index contributed by atoms with van der Waals surface area (Å²) in [6.45, 7) is 0.768. The fourth-order valence-electron chi connectivity index (χ4n) is 3.21. The Morgan fingerprint density at radius 2 is 2.14 bits per heavy atom. The number of aromatic nitrogens is 1. The molecule has 10 heteroatoms. The van der Waals surface area contributed by atoms with Gasteiger partial charge in [0.05, 0.1) is 11.6 Å². The fourth-order valence-corrected chi connectivity index (χ4v) is 5.99. The lowest BCUT2D eigenvalue weighted by Gasteiger charge is -2.17. The van der Waals surface area contributed by atoms with Gasteiger partial charge < -0.3 is 4.90 Å². The molecule has 1 aliphatic heterocycles. The summed E-state index contributed by atoms with van der Waals surface area (Å²) < 4.78 is 28.1. The Labute approximate surface area is 176 Å². The van der Waals surface area contributed by atoms with Crippen LogP contribution in [0.5, 0.6) is 0 Å². The van der Waals surface area contributed by atoms with Gasteiger partial charge in [-0.1, -0.05) is 23.7 Å². The van der Waals surface area contributed by atoms with Gasteiger partial charge in [-0.2, -0.15) is 9.98 Å². The van der Waals surface area contributed by atoms with Gasteiger partial charge in [0, 0.05) is 18.5 Å². The van der Waals surface area contributed by atoms with Crippen LogP contribution in [0.25, 0.3) is 10.2 Å². The van der Waals surface area contributed by atoms with E-state index in [1.54, 1.807) is 35.2 Å². The van der Waals surface area contributed by atoms with Gasteiger partial charge in [0.2, 0.25) is 5.91 Å². The van der Waals surface area contributed by atoms with E-state index in [2.05, 4.69) is 15.8 Å². The van der Waals surface area contributed by atoms with Gasteiger partial charge >= 0.3 is 0 Å². The normalized spacial score (nSPS) is 17.0. The van der Waals surface area contributed by atoms with Crippen LogP contribution in [-0.4, -0.2) is 36.8 Å². The molecule has 1 N–H and O–H groups in total. The number of carbonyl (C=O) groups is 1. The van der Waals surface area contributed by atoms with E-state index in [0.29, 0.717) is 40.4 Å². The maximum atomic E-state index is 12.8. The molecule has 2 aromatic heterocycles. The molecule has 4 rings (SSSR count). The Bertz CT molecular complexity index is 1250. The zero-order chi connectivity index (χ0) is 20.6. The second-order valence-electron chi connectivity index (χ2n) is 6.63. The maximum Gasteiger partial charge on any atom is 0.250 e. The van der Waals surface area contributed by atoms with Gasteiger partial charge in [0.15, 0.2) is 0 Å².